The molecule has 4 rings (SSSR count). The van der Waals surface area contributed by atoms with Gasteiger partial charge in [0.25, 0.3) is 0 Å². The number of aryl methyl sites for hydroxylation is 1. The van der Waals surface area contributed by atoms with Crippen LogP contribution in [-0.4, -0.2) is 4.98 Å². The molecule has 0 N–H and O–H groups in total. The first kappa shape index (κ1) is 21.5. The fourth-order valence-electron chi connectivity index (χ4n) is 3.29. The second-order valence-corrected chi connectivity index (χ2v) is 9.09. The number of rotatable bonds is 6. The summed E-state index contributed by atoms with van der Waals surface area (Å²) in [5, 5.41) is 19.3. The van der Waals surface area contributed by atoms with E-state index < -0.39 is 0 Å². The van der Waals surface area contributed by atoms with Crippen molar-refractivity contribution >= 4 is 55.6 Å². The molecule has 3 aromatic carbocycles. The van der Waals surface area contributed by atoms with Gasteiger partial charge in [0.1, 0.15) is 0 Å². The van der Waals surface area contributed by atoms with Crippen LogP contribution < -0.4 is 0 Å². The summed E-state index contributed by atoms with van der Waals surface area (Å²) in [6.07, 6.45) is 1.29. The molecule has 1 aromatic heterocycles. The lowest BCUT2D eigenvalue weighted by Crippen LogP contribution is -2.02. The van der Waals surface area contributed by atoms with Gasteiger partial charge in [-0.25, -0.2) is 4.98 Å². The van der Waals surface area contributed by atoms with Crippen LogP contribution in [0, 0.1) is 18.3 Å². The minimum atomic E-state index is 0.137. The van der Waals surface area contributed by atoms with E-state index in [1.165, 1.54) is 22.5 Å². The predicted molar refractivity (Wildman–Crippen MR) is 128 cm³/mol. The van der Waals surface area contributed by atoms with Crippen LogP contribution >= 0.6 is 34.5 Å². The zero-order valence-electron chi connectivity index (χ0n) is 16.7. The average molecular weight is 465 g/mol. The molecule has 0 aliphatic carbocycles. The average Bonchev–Trinajstić information content (AvgIpc) is 3.15. The highest BCUT2D eigenvalue weighted by Crippen LogP contribution is 2.35. The zero-order valence-corrected chi connectivity index (χ0v) is 19.0. The summed E-state index contributed by atoms with van der Waals surface area (Å²) in [5.41, 5.74) is 5.05. The zero-order chi connectivity index (χ0) is 21.8. The summed E-state index contributed by atoms with van der Waals surface area (Å²) in [6.45, 7) is 2.07. The van der Waals surface area contributed by atoms with Crippen LogP contribution in [0.25, 0.3) is 10.2 Å². The molecule has 0 aliphatic heterocycles. The molecular weight excluding hydrogens is 447 g/mol. The topological polar surface area (TPSA) is 61.4 Å². The fourth-order valence-corrected chi connectivity index (χ4v) is 4.49. The number of benzene rings is 3. The molecule has 4 nitrogen and oxygen atoms in total. The Morgan fingerprint density at radius 2 is 1.71 bits per heavy atom. The van der Waals surface area contributed by atoms with Crippen molar-refractivity contribution in [3.05, 3.63) is 87.4 Å². The van der Waals surface area contributed by atoms with Crippen LogP contribution in [0.4, 0.5) is 10.8 Å². The molecule has 4 aromatic rings. The highest BCUT2D eigenvalue weighted by atomic mass is 35.5. The van der Waals surface area contributed by atoms with E-state index in [0.29, 0.717) is 21.6 Å². The van der Waals surface area contributed by atoms with E-state index in [1.807, 2.05) is 24.3 Å². The molecule has 0 amide bonds. The maximum Gasteiger partial charge on any atom is 0.231 e. The van der Waals surface area contributed by atoms with Crippen molar-refractivity contribution in [3.8, 4) is 6.07 Å². The fraction of sp³-hybridized carbons (Fsp3) is 0.167. The molecule has 0 fully saturated rings. The number of hydrogen-bond donors (Lipinski definition) is 0. The first-order chi connectivity index (χ1) is 15.0. The molecule has 0 aliphatic rings. The van der Waals surface area contributed by atoms with E-state index in [0.717, 1.165) is 27.9 Å². The van der Waals surface area contributed by atoms with E-state index >= 15 is 0 Å². The number of thiazole rings is 1. The minimum Gasteiger partial charge on any atom is -0.217 e. The van der Waals surface area contributed by atoms with Gasteiger partial charge in [-0.2, -0.15) is 5.26 Å². The molecule has 0 saturated carbocycles. The number of nitrogens with zero attached hydrogens (tertiary/aromatic N) is 4. The molecule has 0 spiro atoms. The summed E-state index contributed by atoms with van der Waals surface area (Å²) in [4.78, 5) is 4.43. The Kier molecular flexibility index (Phi) is 6.62. The number of fused-ring (bicyclic) bond motifs is 1. The van der Waals surface area contributed by atoms with Gasteiger partial charge in [-0.1, -0.05) is 76.5 Å². The quantitative estimate of drug-likeness (QED) is 0.268. The summed E-state index contributed by atoms with van der Waals surface area (Å²) < 4.78 is 0.911. The van der Waals surface area contributed by atoms with E-state index in [1.54, 1.807) is 12.1 Å². The van der Waals surface area contributed by atoms with Gasteiger partial charge < -0.3 is 0 Å². The van der Waals surface area contributed by atoms with Crippen LogP contribution in [0.15, 0.2) is 70.9 Å². The van der Waals surface area contributed by atoms with Crippen molar-refractivity contribution in [2.45, 2.75) is 25.7 Å². The highest BCUT2D eigenvalue weighted by molar-refractivity contribution is 7.22. The molecule has 1 unspecified atom stereocenters. The SMILES string of the molecule is Cc1ccc(CC(CC#N)c2ccc(N=Nc3nc4cc(Cl)c(Cl)cc4s3)cc2)cc1. The van der Waals surface area contributed by atoms with E-state index in [2.05, 4.69) is 52.5 Å². The first-order valence-electron chi connectivity index (χ1n) is 9.71. The van der Waals surface area contributed by atoms with Crippen LogP contribution in [-0.2, 0) is 6.42 Å². The van der Waals surface area contributed by atoms with Crippen molar-refractivity contribution in [1.29, 1.82) is 5.26 Å². The lowest BCUT2D eigenvalue weighted by molar-refractivity contribution is 0.702. The predicted octanol–water partition coefficient (Wildman–Crippen LogP) is 8.57. The Balaban J connectivity index is 1.49. The van der Waals surface area contributed by atoms with Gasteiger partial charge in [-0.05, 0) is 48.7 Å². The van der Waals surface area contributed by atoms with E-state index in [-0.39, 0.29) is 5.92 Å². The largest absolute Gasteiger partial charge is 0.231 e. The van der Waals surface area contributed by atoms with Crippen LogP contribution in [0.3, 0.4) is 0 Å². The Morgan fingerprint density at radius 3 is 2.42 bits per heavy atom. The lowest BCUT2D eigenvalue weighted by Gasteiger charge is -2.14. The van der Waals surface area contributed by atoms with Crippen molar-refractivity contribution in [2.75, 3.05) is 0 Å². The smallest absolute Gasteiger partial charge is 0.217 e. The molecule has 0 bridgehead atoms. The Bertz CT molecular complexity index is 1230. The maximum atomic E-state index is 9.27. The maximum absolute atomic E-state index is 9.27. The standard InChI is InChI=1S/C24H18Cl2N4S/c1-15-2-4-16(5-3-15)12-18(10-11-27)17-6-8-19(9-7-17)29-30-24-28-22-13-20(25)21(26)14-23(22)31-24/h2-9,13-14,18H,10,12H2,1H3. The molecule has 1 atom stereocenters. The molecule has 154 valence electrons. The van der Waals surface area contributed by atoms with Crippen LogP contribution in [0.5, 0.6) is 0 Å². The molecule has 0 radical (unpaired) electrons. The summed E-state index contributed by atoms with van der Waals surface area (Å²) in [7, 11) is 0. The van der Waals surface area contributed by atoms with E-state index in [9.17, 15) is 5.26 Å². The Hall–Kier alpha value is -2.78. The highest BCUT2D eigenvalue weighted by Gasteiger charge is 2.13. The monoisotopic (exact) mass is 464 g/mol. The molecular formula is C24H18Cl2N4S. The third-order valence-electron chi connectivity index (χ3n) is 4.98. The van der Waals surface area contributed by atoms with E-state index in [4.69, 9.17) is 23.2 Å². The Morgan fingerprint density at radius 1 is 1.00 bits per heavy atom. The van der Waals surface area contributed by atoms with Crippen LogP contribution in [0.1, 0.15) is 29.0 Å². The number of azo groups is 1. The first-order valence-corrected chi connectivity index (χ1v) is 11.3. The third-order valence-corrected chi connectivity index (χ3v) is 6.60. The number of halogens is 2. The molecule has 0 saturated heterocycles. The summed E-state index contributed by atoms with van der Waals surface area (Å²) in [5.74, 6) is 0.137. The van der Waals surface area contributed by atoms with Crippen molar-refractivity contribution in [2.24, 2.45) is 10.2 Å². The van der Waals surface area contributed by atoms with Gasteiger partial charge in [-0.15, -0.1) is 10.2 Å². The molecule has 7 heteroatoms. The van der Waals surface area contributed by atoms with Crippen molar-refractivity contribution < 1.29 is 0 Å². The van der Waals surface area contributed by atoms with Gasteiger partial charge in [0.2, 0.25) is 5.13 Å². The van der Waals surface area contributed by atoms with Crippen molar-refractivity contribution in [1.82, 2.24) is 4.98 Å². The second kappa shape index (κ2) is 9.57. The molecule has 1 heterocycles. The summed E-state index contributed by atoms with van der Waals surface area (Å²) in [6, 6.07) is 22.1. The normalized spacial score (nSPS) is 12.3. The minimum absolute atomic E-state index is 0.137. The number of hydrogen-bond acceptors (Lipinski definition) is 5. The lowest BCUT2D eigenvalue weighted by atomic mass is 9.89. The number of nitriles is 1. The van der Waals surface area contributed by atoms with Crippen LogP contribution in [0.2, 0.25) is 10.0 Å². The molecule has 31 heavy (non-hydrogen) atoms. The van der Waals surface area contributed by atoms with Gasteiger partial charge in [0.05, 0.1) is 32.0 Å². The third kappa shape index (κ3) is 5.29. The second-order valence-electron chi connectivity index (χ2n) is 7.27. The number of aromatic nitrogens is 1. The summed E-state index contributed by atoms with van der Waals surface area (Å²) >= 11 is 13.5. The van der Waals surface area contributed by atoms with Gasteiger partial charge in [-0.3, -0.25) is 0 Å². The van der Waals surface area contributed by atoms with Gasteiger partial charge >= 0.3 is 0 Å². The van der Waals surface area contributed by atoms with Gasteiger partial charge in [0, 0.05) is 12.3 Å². The van der Waals surface area contributed by atoms with Gasteiger partial charge in [0.15, 0.2) is 0 Å². The van der Waals surface area contributed by atoms with Crippen molar-refractivity contribution in [3.63, 3.8) is 0 Å². The Labute approximate surface area is 194 Å².